The molecule has 0 aromatic carbocycles. The van der Waals surface area contributed by atoms with E-state index in [-0.39, 0.29) is 25.2 Å². The average Bonchev–Trinajstić information content (AvgIpc) is 2.04. The van der Waals surface area contributed by atoms with E-state index >= 15 is 0 Å². The van der Waals surface area contributed by atoms with Crippen molar-refractivity contribution in [1.82, 2.24) is 5.32 Å². The van der Waals surface area contributed by atoms with Crippen LogP contribution in [0.2, 0.25) is 0 Å². The van der Waals surface area contributed by atoms with Crippen molar-refractivity contribution in [2.24, 2.45) is 0 Å². The molecule has 0 bridgehead atoms. The molecule has 1 atom stereocenters. The Morgan fingerprint density at radius 2 is 2.33 bits per heavy atom. The minimum Gasteiger partial charge on any atom is -0.396 e. The molecule has 0 aliphatic rings. The van der Waals surface area contributed by atoms with Crippen molar-refractivity contribution in [3.05, 3.63) is 0 Å². The van der Waals surface area contributed by atoms with Crippen LogP contribution in [-0.2, 0) is 9.53 Å². The van der Waals surface area contributed by atoms with Crippen molar-refractivity contribution in [1.29, 1.82) is 0 Å². The van der Waals surface area contributed by atoms with Gasteiger partial charge in [-0.3, -0.25) is 4.79 Å². The van der Waals surface area contributed by atoms with Gasteiger partial charge < -0.3 is 15.2 Å². The fourth-order valence-corrected chi connectivity index (χ4v) is 0.935. The van der Waals surface area contributed by atoms with Gasteiger partial charge in [0.05, 0.1) is 0 Å². The summed E-state index contributed by atoms with van der Waals surface area (Å²) in [6.45, 7) is 2.15. The van der Waals surface area contributed by atoms with Crippen LogP contribution in [0.15, 0.2) is 0 Å². The SMILES string of the molecule is CCC(CCO)NC(=O)COC. The molecule has 0 aliphatic heterocycles. The number of amides is 1. The number of carbonyl (C=O) groups excluding carboxylic acids is 1. The number of ether oxygens (including phenoxy) is 1. The van der Waals surface area contributed by atoms with Crippen LogP contribution < -0.4 is 5.32 Å². The zero-order chi connectivity index (χ0) is 9.40. The first-order valence-electron chi connectivity index (χ1n) is 4.13. The van der Waals surface area contributed by atoms with Gasteiger partial charge in [-0.05, 0) is 12.8 Å². The highest BCUT2D eigenvalue weighted by molar-refractivity contribution is 5.77. The number of hydrogen-bond acceptors (Lipinski definition) is 3. The summed E-state index contributed by atoms with van der Waals surface area (Å²) in [7, 11) is 1.48. The van der Waals surface area contributed by atoms with Crippen molar-refractivity contribution in [3.8, 4) is 0 Å². The molecule has 0 saturated carbocycles. The van der Waals surface area contributed by atoms with Crippen molar-refractivity contribution in [2.75, 3.05) is 20.3 Å². The van der Waals surface area contributed by atoms with E-state index in [1.54, 1.807) is 0 Å². The summed E-state index contributed by atoms with van der Waals surface area (Å²) >= 11 is 0. The normalized spacial score (nSPS) is 12.6. The molecular formula is C8H17NO3. The number of hydrogen-bond donors (Lipinski definition) is 2. The van der Waals surface area contributed by atoms with E-state index in [1.807, 2.05) is 6.92 Å². The van der Waals surface area contributed by atoms with E-state index in [1.165, 1.54) is 7.11 Å². The van der Waals surface area contributed by atoms with E-state index < -0.39 is 0 Å². The summed E-state index contributed by atoms with van der Waals surface area (Å²) in [6.07, 6.45) is 1.43. The van der Waals surface area contributed by atoms with E-state index in [4.69, 9.17) is 5.11 Å². The van der Waals surface area contributed by atoms with Crippen LogP contribution in [0.3, 0.4) is 0 Å². The topological polar surface area (TPSA) is 58.6 Å². The lowest BCUT2D eigenvalue weighted by Crippen LogP contribution is -2.37. The predicted octanol–water partition coefficient (Wildman–Crippen LogP) is -0.0900. The Hall–Kier alpha value is -0.610. The van der Waals surface area contributed by atoms with Crippen LogP contribution in [0.4, 0.5) is 0 Å². The van der Waals surface area contributed by atoms with Gasteiger partial charge in [-0.1, -0.05) is 6.92 Å². The lowest BCUT2D eigenvalue weighted by atomic mass is 10.1. The molecule has 12 heavy (non-hydrogen) atoms. The van der Waals surface area contributed by atoms with Gasteiger partial charge in [-0.2, -0.15) is 0 Å². The molecule has 0 aromatic heterocycles. The third-order valence-electron chi connectivity index (χ3n) is 1.61. The first-order valence-corrected chi connectivity index (χ1v) is 4.13. The molecule has 0 fully saturated rings. The Labute approximate surface area is 72.9 Å². The zero-order valence-corrected chi connectivity index (χ0v) is 7.67. The lowest BCUT2D eigenvalue weighted by molar-refractivity contribution is -0.125. The fourth-order valence-electron chi connectivity index (χ4n) is 0.935. The third-order valence-corrected chi connectivity index (χ3v) is 1.61. The van der Waals surface area contributed by atoms with Gasteiger partial charge in [-0.25, -0.2) is 0 Å². The molecular weight excluding hydrogens is 158 g/mol. The molecule has 0 radical (unpaired) electrons. The Balaban J connectivity index is 3.61. The van der Waals surface area contributed by atoms with E-state index in [0.29, 0.717) is 6.42 Å². The maximum absolute atomic E-state index is 11.0. The Bertz CT molecular complexity index is 127. The number of nitrogens with one attached hydrogen (secondary N) is 1. The molecule has 0 aromatic rings. The van der Waals surface area contributed by atoms with E-state index in [2.05, 4.69) is 10.1 Å². The molecule has 0 heterocycles. The largest absolute Gasteiger partial charge is 0.396 e. The van der Waals surface area contributed by atoms with Gasteiger partial charge in [0.15, 0.2) is 0 Å². The van der Waals surface area contributed by atoms with Gasteiger partial charge in [0.2, 0.25) is 5.91 Å². The minimum absolute atomic E-state index is 0.0673. The Morgan fingerprint density at radius 1 is 1.67 bits per heavy atom. The third kappa shape index (κ3) is 5.09. The lowest BCUT2D eigenvalue weighted by Gasteiger charge is -2.14. The molecule has 0 spiro atoms. The highest BCUT2D eigenvalue weighted by Crippen LogP contribution is 1.95. The van der Waals surface area contributed by atoms with Gasteiger partial charge in [0.1, 0.15) is 6.61 Å². The fraction of sp³-hybridized carbons (Fsp3) is 0.875. The Morgan fingerprint density at radius 3 is 2.75 bits per heavy atom. The van der Waals surface area contributed by atoms with Crippen molar-refractivity contribution < 1.29 is 14.6 Å². The van der Waals surface area contributed by atoms with Crippen LogP contribution in [0.5, 0.6) is 0 Å². The molecule has 4 nitrogen and oxygen atoms in total. The second-order valence-corrected chi connectivity index (χ2v) is 2.62. The van der Waals surface area contributed by atoms with E-state index in [0.717, 1.165) is 6.42 Å². The molecule has 4 heteroatoms. The monoisotopic (exact) mass is 175 g/mol. The standard InChI is InChI=1S/C8H17NO3/c1-3-7(4-5-10)9-8(11)6-12-2/h7,10H,3-6H2,1-2H3,(H,9,11). The second-order valence-electron chi connectivity index (χ2n) is 2.62. The highest BCUT2D eigenvalue weighted by atomic mass is 16.5. The smallest absolute Gasteiger partial charge is 0.246 e. The van der Waals surface area contributed by atoms with Crippen LogP contribution in [0.1, 0.15) is 19.8 Å². The number of methoxy groups -OCH3 is 1. The van der Waals surface area contributed by atoms with Gasteiger partial charge in [0.25, 0.3) is 0 Å². The molecule has 1 unspecified atom stereocenters. The molecule has 0 aliphatic carbocycles. The zero-order valence-electron chi connectivity index (χ0n) is 7.67. The number of carbonyl (C=O) groups is 1. The second kappa shape index (κ2) is 7.06. The van der Waals surface area contributed by atoms with Crippen LogP contribution in [-0.4, -0.2) is 37.4 Å². The minimum atomic E-state index is -0.127. The average molecular weight is 175 g/mol. The quantitative estimate of drug-likeness (QED) is 0.593. The maximum Gasteiger partial charge on any atom is 0.246 e. The van der Waals surface area contributed by atoms with Crippen LogP contribution >= 0.6 is 0 Å². The number of rotatable bonds is 6. The Kier molecular flexibility index (Phi) is 6.70. The van der Waals surface area contributed by atoms with Gasteiger partial charge >= 0.3 is 0 Å². The van der Waals surface area contributed by atoms with E-state index in [9.17, 15) is 4.79 Å². The van der Waals surface area contributed by atoms with Crippen LogP contribution in [0.25, 0.3) is 0 Å². The highest BCUT2D eigenvalue weighted by Gasteiger charge is 2.08. The van der Waals surface area contributed by atoms with Crippen molar-refractivity contribution in [2.45, 2.75) is 25.8 Å². The van der Waals surface area contributed by atoms with Crippen LogP contribution in [0, 0.1) is 0 Å². The summed E-state index contributed by atoms with van der Waals surface area (Å²) in [5.41, 5.74) is 0. The van der Waals surface area contributed by atoms with Crippen molar-refractivity contribution in [3.63, 3.8) is 0 Å². The first-order chi connectivity index (χ1) is 5.74. The summed E-state index contributed by atoms with van der Waals surface area (Å²) in [5.74, 6) is -0.127. The number of aliphatic hydroxyl groups is 1. The van der Waals surface area contributed by atoms with Gasteiger partial charge in [0, 0.05) is 19.8 Å². The number of aliphatic hydroxyl groups excluding tert-OH is 1. The van der Waals surface area contributed by atoms with Gasteiger partial charge in [-0.15, -0.1) is 0 Å². The molecule has 0 rings (SSSR count). The molecule has 1 amide bonds. The molecule has 0 saturated heterocycles. The molecule has 2 N–H and O–H groups in total. The summed E-state index contributed by atoms with van der Waals surface area (Å²) in [5, 5.41) is 11.4. The molecule has 72 valence electrons. The first kappa shape index (κ1) is 11.4. The summed E-state index contributed by atoms with van der Waals surface area (Å²) in [6, 6.07) is 0.0673. The van der Waals surface area contributed by atoms with Crippen molar-refractivity contribution >= 4 is 5.91 Å². The predicted molar refractivity (Wildman–Crippen MR) is 45.8 cm³/mol. The summed E-state index contributed by atoms with van der Waals surface area (Å²) in [4.78, 5) is 11.0. The maximum atomic E-state index is 11.0. The summed E-state index contributed by atoms with van der Waals surface area (Å²) < 4.78 is 4.65.